The molecule has 4 nitrogen and oxygen atoms in total. The van der Waals surface area contributed by atoms with Crippen molar-refractivity contribution in [3.8, 4) is 11.4 Å². The van der Waals surface area contributed by atoms with Gasteiger partial charge in [-0.1, -0.05) is 31.5 Å². The molecule has 19 heavy (non-hydrogen) atoms. The van der Waals surface area contributed by atoms with E-state index in [9.17, 15) is 0 Å². The van der Waals surface area contributed by atoms with Crippen LogP contribution in [0.1, 0.15) is 19.0 Å². The Labute approximate surface area is 111 Å². The van der Waals surface area contributed by atoms with Crippen LogP contribution in [-0.2, 0) is 6.42 Å². The molecule has 0 amide bonds. The Morgan fingerprint density at radius 2 is 2.05 bits per heavy atom. The van der Waals surface area contributed by atoms with E-state index in [2.05, 4.69) is 16.9 Å². The fourth-order valence-corrected chi connectivity index (χ4v) is 2.17. The second kappa shape index (κ2) is 4.72. The Bertz CT molecular complexity index is 718. The summed E-state index contributed by atoms with van der Waals surface area (Å²) < 4.78 is 5.52. The molecule has 4 heteroatoms. The molecule has 96 valence electrons. The van der Waals surface area contributed by atoms with Gasteiger partial charge in [-0.15, -0.1) is 0 Å². The molecule has 2 aromatic heterocycles. The molecule has 0 aliphatic heterocycles. The molecule has 3 rings (SSSR count). The summed E-state index contributed by atoms with van der Waals surface area (Å²) in [6, 6.07) is 9.67. The van der Waals surface area contributed by atoms with Crippen LogP contribution in [0.4, 0.5) is 5.82 Å². The molecule has 0 spiro atoms. The number of nitrogens with two attached hydrogens (primary N) is 1. The predicted octanol–water partition coefficient (Wildman–Crippen LogP) is 3.42. The minimum Gasteiger partial charge on any atom is -0.464 e. The van der Waals surface area contributed by atoms with Crippen molar-refractivity contribution >= 4 is 16.8 Å². The fraction of sp³-hybridized carbons (Fsp3) is 0.200. The summed E-state index contributed by atoms with van der Waals surface area (Å²) in [7, 11) is 0. The number of para-hydroxylation sites is 1. The van der Waals surface area contributed by atoms with E-state index in [0.29, 0.717) is 11.6 Å². The maximum Gasteiger partial charge on any atom is 0.165 e. The van der Waals surface area contributed by atoms with Crippen LogP contribution in [0.3, 0.4) is 0 Å². The van der Waals surface area contributed by atoms with Crippen molar-refractivity contribution in [2.45, 2.75) is 19.8 Å². The monoisotopic (exact) mass is 253 g/mol. The van der Waals surface area contributed by atoms with Gasteiger partial charge in [-0.05, 0) is 12.5 Å². The van der Waals surface area contributed by atoms with Gasteiger partial charge in [0.05, 0.1) is 5.56 Å². The lowest BCUT2D eigenvalue weighted by Crippen LogP contribution is -2.00. The van der Waals surface area contributed by atoms with Crippen LogP contribution in [0, 0.1) is 0 Å². The molecule has 1 aromatic carbocycles. The van der Waals surface area contributed by atoms with E-state index >= 15 is 0 Å². The topological polar surface area (TPSA) is 64.9 Å². The number of fused-ring (bicyclic) bond motifs is 1. The predicted molar refractivity (Wildman–Crippen MR) is 75.6 cm³/mol. The van der Waals surface area contributed by atoms with Crippen molar-refractivity contribution in [1.82, 2.24) is 9.97 Å². The van der Waals surface area contributed by atoms with E-state index in [1.165, 1.54) is 0 Å². The first-order chi connectivity index (χ1) is 9.28. The van der Waals surface area contributed by atoms with Crippen molar-refractivity contribution in [2.24, 2.45) is 0 Å². The zero-order valence-corrected chi connectivity index (χ0v) is 10.8. The van der Waals surface area contributed by atoms with E-state index in [0.717, 1.165) is 35.1 Å². The quantitative estimate of drug-likeness (QED) is 0.776. The van der Waals surface area contributed by atoms with E-state index < -0.39 is 0 Å². The number of rotatable bonds is 3. The van der Waals surface area contributed by atoms with Crippen LogP contribution in [0.2, 0.25) is 0 Å². The fourth-order valence-electron chi connectivity index (χ4n) is 2.17. The lowest BCUT2D eigenvalue weighted by molar-refractivity contribution is 0.616. The Kier molecular flexibility index (Phi) is 2.91. The van der Waals surface area contributed by atoms with Gasteiger partial charge in [0.15, 0.2) is 5.82 Å². The average molecular weight is 253 g/mol. The number of anilines is 1. The van der Waals surface area contributed by atoms with E-state index in [-0.39, 0.29) is 0 Å². The highest BCUT2D eigenvalue weighted by Gasteiger charge is 2.11. The van der Waals surface area contributed by atoms with Crippen molar-refractivity contribution < 1.29 is 4.42 Å². The third-order valence-corrected chi connectivity index (χ3v) is 3.03. The SMILES string of the molecule is CCCc1cc(N)nc(-c2coc3ccccc23)n1. The molecule has 0 saturated carbocycles. The van der Waals surface area contributed by atoms with Crippen LogP contribution in [0.5, 0.6) is 0 Å². The molecule has 0 radical (unpaired) electrons. The maximum atomic E-state index is 5.86. The summed E-state index contributed by atoms with van der Waals surface area (Å²) in [6.45, 7) is 2.12. The second-order valence-electron chi connectivity index (χ2n) is 4.50. The van der Waals surface area contributed by atoms with Crippen molar-refractivity contribution in [2.75, 3.05) is 5.73 Å². The molecular weight excluding hydrogens is 238 g/mol. The van der Waals surface area contributed by atoms with Gasteiger partial charge in [0.25, 0.3) is 0 Å². The standard InChI is InChI=1S/C15H15N3O/c1-2-5-10-8-14(16)18-15(17-10)12-9-19-13-7-4-3-6-11(12)13/h3-4,6-9H,2,5H2,1H3,(H2,16,17,18). The Hall–Kier alpha value is -2.36. The first kappa shape index (κ1) is 11.7. The largest absolute Gasteiger partial charge is 0.464 e. The van der Waals surface area contributed by atoms with Gasteiger partial charge in [-0.2, -0.15) is 0 Å². The highest BCUT2D eigenvalue weighted by Crippen LogP contribution is 2.28. The highest BCUT2D eigenvalue weighted by molar-refractivity contribution is 5.92. The summed E-state index contributed by atoms with van der Waals surface area (Å²) in [5.41, 5.74) is 8.55. The van der Waals surface area contributed by atoms with Crippen LogP contribution in [0.15, 0.2) is 41.0 Å². The normalized spacial score (nSPS) is 11.0. The lowest BCUT2D eigenvalue weighted by atomic mass is 10.1. The number of aryl methyl sites for hydroxylation is 1. The Balaban J connectivity index is 2.15. The summed E-state index contributed by atoms with van der Waals surface area (Å²) >= 11 is 0. The first-order valence-electron chi connectivity index (χ1n) is 6.38. The van der Waals surface area contributed by atoms with E-state index in [4.69, 9.17) is 10.2 Å². The third kappa shape index (κ3) is 2.17. The third-order valence-electron chi connectivity index (χ3n) is 3.03. The minimum atomic E-state index is 0.499. The summed E-state index contributed by atoms with van der Waals surface area (Å²) in [6.07, 6.45) is 3.62. The van der Waals surface area contributed by atoms with Gasteiger partial charge in [-0.25, -0.2) is 9.97 Å². The highest BCUT2D eigenvalue weighted by atomic mass is 16.3. The summed E-state index contributed by atoms with van der Waals surface area (Å²) in [4.78, 5) is 8.88. The molecule has 0 bridgehead atoms. The van der Waals surface area contributed by atoms with E-state index in [1.807, 2.05) is 30.3 Å². The van der Waals surface area contributed by atoms with Crippen LogP contribution in [-0.4, -0.2) is 9.97 Å². The molecule has 0 aliphatic carbocycles. The van der Waals surface area contributed by atoms with Gasteiger partial charge in [0.2, 0.25) is 0 Å². The van der Waals surface area contributed by atoms with Gasteiger partial charge >= 0.3 is 0 Å². The zero-order valence-electron chi connectivity index (χ0n) is 10.8. The van der Waals surface area contributed by atoms with Crippen LogP contribution < -0.4 is 5.73 Å². The van der Waals surface area contributed by atoms with E-state index in [1.54, 1.807) is 6.26 Å². The lowest BCUT2D eigenvalue weighted by Gasteiger charge is -2.03. The maximum absolute atomic E-state index is 5.86. The molecule has 0 unspecified atom stereocenters. The number of hydrogen-bond donors (Lipinski definition) is 1. The van der Waals surface area contributed by atoms with Gasteiger partial charge in [0, 0.05) is 17.1 Å². The van der Waals surface area contributed by atoms with Crippen molar-refractivity contribution in [3.05, 3.63) is 42.3 Å². The number of benzene rings is 1. The molecular formula is C15H15N3O. The van der Waals surface area contributed by atoms with Crippen molar-refractivity contribution in [3.63, 3.8) is 0 Å². The Morgan fingerprint density at radius 3 is 2.89 bits per heavy atom. The smallest absolute Gasteiger partial charge is 0.165 e. The summed E-state index contributed by atoms with van der Waals surface area (Å²) in [5.74, 6) is 1.13. The Morgan fingerprint density at radius 1 is 1.21 bits per heavy atom. The molecule has 0 saturated heterocycles. The number of aromatic nitrogens is 2. The number of nitrogen functional groups attached to an aromatic ring is 1. The molecule has 2 N–H and O–H groups in total. The molecule has 0 fully saturated rings. The number of furan rings is 1. The zero-order chi connectivity index (χ0) is 13.2. The molecule has 3 aromatic rings. The van der Waals surface area contributed by atoms with Gasteiger partial charge in [-0.3, -0.25) is 0 Å². The average Bonchev–Trinajstić information content (AvgIpc) is 2.82. The second-order valence-corrected chi connectivity index (χ2v) is 4.50. The number of hydrogen-bond acceptors (Lipinski definition) is 4. The van der Waals surface area contributed by atoms with Gasteiger partial charge in [0.1, 0.15) is 17.7 Å². The molecule has 2 heterocycles. The van der Waals surface area contributed by atoms with Gasteiger partial charge < -0.3 is 10.2 Å². The molecule has 0 atom stereocenters. The first-order valence-corrected chi connectivity index (χ1v) is 6.38. The summed E-state index contributed by atoms with van der Waals surface area (Å²) in [5, 5.41) is 1.01. The van der Waals surface area contributed by atoms with Crippen molar-refractivity contribution in [1.29, 1.82) is 0 Å². The van der Waals surface area contributed by atoms with Crippen LogP contribution in [0.25, 0.3) is 22.4 Å². The minimum absolute atomic E-state index is 0.499. The molecule has 0 aliphatic rings. The van der Waals surface area contributed by atoms with Crippen LogP contribution >= 0.6 is 0 Å². The number of nitrogens with zero attached hydrogens (tertiary/aromatic N) is 2.